The number of carbonyl (C=O) groups excluding carboxylic acids is 2. The summed E-state index contributed by atoms with van der Waals surface area (Å²) in [4.78, 5) is 46.0. The number of rotatable bonds is 7. The molecule has 15 heteroatoms. The molecule has 1 fully saturated rings. The fraction of sp³-hybridized carbons (Fsp3) is 0.429. The van der Waals surface area contributed by atoms with Gasteiger partial charge in [0, 0.05) is 30.1 Å². The van der Waals surface area contributed by atoms with E-state index < -0.39 is 41.3 Å². The van der Waals surface area contributed by atoms with Gasteiger partial charge in [0.2, 0.25) is 11.5 Å². The van der Waals surface area contributed by atoms with Gasteiger partial charge in [-0.15, -0.1) is 23.4 Å². The summed E-state index contributed by atoms with van der Waals surface area (Å²) in [6.07, 6.45) is -1.80. The molecule has 29 heavy (non-hydrogen) atoms. The average molecular weight is 465 g/mol. The fourth-order valence-electron chi connectivity index (χ4n) is 2.64. The molecule has 3 atom stereocenters. The number of nitrogens with two attached hydrogens (primary N) is 1. The molecule has 0 bridgehead atoms. The molecule has 156 valence electrons. The fourth-order valence-corrected chi connectivity index (χ4v) is 4.75. The van der Waals surface area contributed by atoms with E-state index in [0.29, 0.717) is 11.3 Å². The van der Waals surface area contributed by atoms with E-state index in [1.807, 2.05) is 0 Å². The maximum Gasteiger partial charge on any atom is 0.352 e. The number of amides is 2. The van der Waals surface area contributed by atoms with Gasteiger partial charge in [0.05, 0.1) is 0 Å². The lowest BCUT2D eigenvalue weighted by atomic mass is 10.0. The highest BCUT2D eigenvalue weighted by Gasteiger charge is 2.54. The van der Waals surface area contributed by atoms with Crippen molar-refractivity contribution >= 4 is 63.5 Å². The van der Waals surface area contributed by atoms with Crippen molar-refractivity contribution < 1.29 is 28.7 Å². The number of anilines is 1. The van der Waals surface area contributed by atoms with Gasteiger partial charge in [-0.3, -0.25) is 14.5 Å². The Hall–Kier alpha value is -2.45. The van der Waals surface area contributed by atoms with Crippen molar-refractivity contribution in [3.8, 4) is 0 Å². The number of aromatic nitrogens is 2. The van der Waals surface area contributed by atoms with Crippen LogP contribution < -0.4 is 11.1 Å². The van der Waals surface area contributed by atoms with Gasteiger partial charge in [0.25, 0.3) is 18.2 Å². The van der Waals surface area contributed by atoms with E-state index in [1.54, 1.807) is 0 Å². The number of halogens is 2. The topological polar surface area (TPSA) is 160 Å². The zero-order valence-electron chi connectivity index (χ0n) is 14.7. The number of β-lactam (4-membered cyclic amide) rings is 1. The van der Waals surface area contributed by atoms with Crippen molar-refractivity contribution in [2.45, 2.75) is 24.7 Å². The van der Waals surface area contributed by atoms with Gasteiger partial charge < -0.3 is 21.0 Å². The Labute approximate surface area is 176 Å². The summed E-state index contributed by atoms with van der Waals surface area (Å²) in [5.41, 5.74) is 5.26. The second-order valence-corrected chi connectivity index (χ2v) is 7.95. The van der Waals surface area contributed by atoms with Crippen molar-refractivity contribution in [1.29, 1.82) is 0 Å². The number of hydrogen-bond acceptors (Lipinski definition) is 10. The van der Waals surface area contributed by atoms with Crippen LogP contribution in [0, 0.1) is 0 Å². The number of carbonyl (C=O) groups is 3. The number of oxime groups is 1. The first kappa shape index (κ1) is 21.3. The van der Waals surface area contributed by atoms with Gasteiger partial charge in [-0.1, -0.05) is 5.16 Å². The molecule has 1 unspecified atom stereocenters. The third-order valence-electron chi connectivity index (χ3n) is 3.86. The molecule has 2 aliphatic rings. The number of carboxylic acids is 1. The Morgan fingerprint density at radius 2 is 2.31 bits per heavy atom. The number of fused-ring (bicyclic) bond motifs is 1. The average Bonchev–Trinajstić information content (AvgIpc) is 3.10. The van der Waals surface area contributed by atoms with Crippen molar-refractivity contribution in [3.63, 3.8) is 0 Å². The zero-order chi connectivity index (χ0) is 21.3. The maximum absolute atomic E-state index is 13.0. The minimum atomic E-state index is -1.80. The van der Waals surface area contributed by atoms with Gasteiger partial charge in [-0.25, -0.2) is 4.79 Å². The molecule has 2 amide bonds. The zero-order valence-corrected chi connectivity index (χ0v) is 17.1. The molecule has 0 spiro atoms. The molecule has 1 aromatic heterocycles. The first-order valence-electron chi connectivity index (χ1n) is 7.98. The molecule has 3 rings (SSSR count). The maximum atomic E-state index is 13.0. The van der Waals surface area contributed by atoms with Crippen LogP contribution in [0.3, 0.4) is 0 Å². The van der Waals surface area contributed by atoms with E-state index in [9.17, 15) is 23.9 Å². The summed E-state index contributed by atoms with van der Waals surface area (Å²) < 4.78 is 16.8. The summed E-state index contributed by atoms with van der Waals surface area (Å²) in [5, 5.41) is 14.7. The number of hydrogen-bond donors (Lipinski definition) is 3. The first-order valence-corrected chi connectivity index (χ1v) is 10.3. The molecule has 1 aromatic rings. The molecule has 4 N–H and O–H groups in total. The van der Waals surface area contributed by atoms with Crippen molar-refractivity contribution in [3.05, 3.63) is 17.1 Å². The van der Waals surface area contributed by atoms with Gasteiger partial charge >= 0.3 is 5.97 Å². The van der Waals surface area contributed by atoms with Crippen LogP contribution in [-0.4, -0.2) is 72.3 Å². The van der Waals surface area contributed by atoms with Crippen molar-refractivity contribution in [2.24, 2.45) is 5.16 Å². The second-order valence-electron chi connectivity index (χ2n) is 5.80. The largest absolute Gasteiger partial charge is 0.477 e. The normalized spacial score (nSPS) is 22.7. The smallest absolute Gasteiger partial charge is 0.352 e. The van der Waals surface area contributed by atoms with Gasteiger partial charge in [-0.2, -0.15) is 13.7 Å². The predicted octanol–water partition coefficient (Wildman–Crippen LogP) is 0.134. The molecular formula is C14H14ClFN6O5S2. The number of alkyl halides is 2. The standard InChI is InChI=1S/C14H14ClFN6O5S2/c1-4(16)27-20-6(9-19-14(17)29-21-9)10(23)18-7-11(24)22-8(13(25)26)5(2-15)3-28-12(7)22/h4,7,12H,2-3H2,1H3,(H,18,23)(H,25,26)(H2,17,19,21)/b20-6-/t4?,7-,12-/m1/s1. The first-order chi connectivity index (χ1) is 13.7. The number of nitrogen functional groups attached to an aromatic ring is 1. The monoisotopic (exact) mass is 464 g/mol. The minimum Gasteiger partial charge on any atom is -0.477 e. The van der Waals surface area contributed by atoms with Crippen molar-refractivity contribution in [1.82, 2.24) is 19.6 Å². The minimum absolute atomic E-state index is 0.0331. The van der Waals surface area contributed by atoms with Crippen LogP contribution >= 0.6 is 34.9 Å². The SMILES string of the molecule is CC(F)O/N=C(\C(=O)N[C@@H]1C(=O)N2C(C(=O)O)=C(CCl)CS[C@H]12)c1nsc(N)n1. The highest BCUT2D eigenvalue weighted by molar-refractivity contribution is 8.00. The number of nitrogens with one attached hydrogen (secondary N) is 1. The van der Waals surface area contributed by atoms with Gasteiger partial charge in [0.15, 0.2) is 5.13 Å². The second kappa shape index (κ2) is 8.51. The number of carboxylic acid groups (broad SMARTS) is 1. The number of nitrogens with zero attached hydrogens (tertiary/aromatic N) is 4. The van der Waals surface area contributed by atoms with E-state index in [-0.39, 0.29) is 22.5 Å². The van der Waals surface area contributed by atoms with Crippen LogP contribution in [0.4, 0.5) is 9.52 Å². The quantitative estimate of drug-likeness (QED) is 0.220. The Kier molecular flexibility index (Phi) is 6.24. The van der Waals surface area contributed by atoms with Crippen LogP contribution in [0.5, 0.6) is 0 Å². The Morgan fingerprint density at radius 1 is 1.59 bits per heavy atom. The highest BCUT2D eigenvalue weighted by atomic mass is 35.5. The summed E-state index contributed by atoms with van der Waals surface area (Å²) in [5.74, 6) is -2.74. The summed E-state index contributed by atoms with van der Waals surface area (Å²) in [6.45, 7) is 1.06. The van der Waals surface area contributed by atoms with E-state index in [1.165, 1.54) is 11.8 Å². The Morgan fingerprint density at radius 3 is 2.86 bits per heavy atom. The van der Waals surface area contributed by atoms with Crippen molar-refractivity contribution in [2.75, 3.05) is 17.4 Å². The summed E-state index contributed by atoms with van der Waals surface area (Å²) >= 11 is 7.82. The summed E-state index contributed by atoms with van der Waals surface area (Å²) in [7, 11) is 0. The van der Waals surface area contributed by atoms with Crippen LogP contribution in [0.1, 0.15) is 12.7 Å². The molecule has 0 aromatic carbocycles. The van der Waals surface area contributed by atoms with Gasteiger partial charge in [0.1, 0.15) is 17.1 Å². The molecule has 11 nitrogen and oxygen atoms in total. The third-order valence-corrected chi connectivity index (χ3v) is 6.06. The van der Waals surface area contributed by atoms with Crippen LogP contribution in [0.25, 0.3) is 0 Å². The predicted molar refractivity (Wildman–Crippen MR) is 103 cm³/mol. The molecule has 0 radical (unpaired) electrons. The molecule has 0 saturated carbocycles. The van der Waals surface area contributed by atoms with Crippen LogP contribution in [0.15, 0.2) is 16.4 Å². The number of aliphatic carboxylic acids is 1. The highest BCUT2D eigenvalue weighted by Crippen LogP contribution is 2.40. The molecule has 3 heterocycles. The van der Waals surface area contributed by atoms with Gasteiger partial charge in [-0.05, 0) is 5.57 Å². The Balaban J connectivity index is 1.80. The summed E-state index contributed by atoms with van der Waals surface area (Å²) in [6, 6.07) is -1.03. The third kappa shape index (κ3) is 4.13. The van der Waals surface area contributed by atoms with Crippen LogP contribution in [-0.2, 0) is 19.2 Å². The van der Waals surface area contributed by atoms with E-state index in [4.69, 9.17) is 17.3 Å². The molecule has 0 aliphatic carbocycles. The van der Waals surface area contributed by atoms with Crippen LogP contribution in [0.2, 0.25) is 0 Å². The number of thioether (sulfide) groups is 1. The van der Waals surface area contributed by atoms with E-state index in [2.05, 4.69) is 24.7 Å². The Bertz CT molecular complexity index is 922. The lowest BCUT2D eigenvalue weighted by Crippen LogP contribution is -2.71. The lowest BCUT2D eigenvalue weighted by Gasteiger charge is -2.49. The lowest BCUT2D eigenvalue weighted by molar-refractivity contribution is -0.150. The molecule has 1 saturated heterocycles. The molecular weight excluding hydrogens is 451 g/mol. The van der Waals surface area contributed by atoms with E-state index in [0.717, 1.165) is 23.4 Å². The molecule has 2 aliphatic heterocycles. The van der Waals surface area contributed by atoms with E-state index >= 15 is 0 Å².